The summed E-state index contributed by atoms with van der Waals surface area (Å²) in [4.78, 5) is 27.2. The van der Waals surface area contributed by atoms with Gasteiger partial charge in [0, 0.05) is 25.6 Å². The summed E-state index contributed by atoms with van der Waals surface area (Å²) in [6.45, 7) is 4.16. The molecule has 0 unspecified atom stereocenters. The molecule has 0 aromatic heterocycles. The Labute approximate surface area is 205 Å². The van der Waals surface area contributed by atoms with Gasteiger partial charge < -0.3 is 15.2 Å². The Kier molecular flexibility index (Phi) is 6.31. The minimum Gasteiger partial charge on any atom is -0.480 e. The van der Waals surface area contributed by atoms with E-state index in [4.69, 9.17) is 4.74 Å². The molecule has 5 rings (SSSR count). The van der Waals surface area contributed by atoms with Crippen LogP contribution in [-0.2, 0) is 16.1 Å². The molecule has 0 atom stereocenters. The molecule has 180 valence electrons. The summed E-state index contributed by atoms with van der Waals surface area (Å²) >= 11 is 0. The largest absolute Gasteiger partial charge is 0.480 e. The molecule has 6 heteroatoms. The lowest BCUT2D eigenvalue weighted by Crippen LogP contribution is -2.60. The van der Waals surface area contributed by atoms with Crippen molar-refractivity contribution in [3.8, 4) is 11.1 Å². The highest BCUT2D eigenvalue weighted by molar-refractivity contribution is 5.85. The molecule has 6 nitrogen and oxygen atoms in total. The van der Waals surface area contributed by atoms with Crippen LogP contribution in [0, 0.1) is 6.92 Å². The van der Waals surface area contributed by atoms with Crippen molar-refractivity contribution in [2.75, 3.05) is 19.7 Å². The van der Waals surface area contributed by atoms with E-state index in [2.05, 4.69) is 65.7 Å². The number of alkyl carbamates (subject to hydrolysis) is 1. The van der Waals surface area contributed by atoms with Crippen molar-refractivity contribution in [3.63, 3.8) is 0 Å². The van der Waals surface area contributed by atoms with E-state index in [1.807, 2.05) is 24.3 Å². The molecule has 1 amide bonds. The van der Waals surface area contributed by atoms with Gasteiger partial charge in [-0.25, -0.2) is 9.59 Å². The zero-order valence-electron chi connectivity index (χ0n) is 19.9. The average molecular weight is 471 g/mol. The Hall–Kier alpha value is -3.64. The molecule has 2 aliphatic rings. The number of fused-ring (bicyclic) bond motifs is 3. The molecule has 2 N–H and O–H groups in total. The Morgan fingerprint density at radius 3 is 2.09 bits per heavy atom. The van der Waals surface area contributed by atoms with Crippen LogP contribution in [0.25, 0.3) is 11.1 Å². The lowest BCUT2D eigenvalue weighted by atomic mass is 9.87. The second-order valence-electron chi connectivity index (χ2n) is 9.60. The van der Waals surface area contributed by atoms with Crippen LogP contribution >= 0.6 is 0 Å². The van der Waals surface area contributed by atoms with Gasteiger partial charge in [0.2, 0.25) is 0 Å². The van der Waals surface area contributed by atoms with Gasteiger partial charge in [-0.2, -0.15) is 0 Å². The minimum absolute atomic E-state index is 0.0646. The predicted octanol–water partition coefficient (Wildman–Crippen LogP) is 4.95. The van der Waals surface area contributed by atoms with Gasteiger partial charge in [0.1, 0.15) is 12.1 Å². The van der Waals surface area contributed by atoms with Gasteiger partial charge in [-0.05, 0) is 47.6 Å². The number of nitrogens with zero attached hydrogens (tertiary/aromatic N) is 1. The van der Waals surface area contributed by atoms with Crippen molar-refractivity contribution in [2.24, 2.45) is 0 Å². The summed E-state index contributed by atoms with van der Waals surface area (Å²) in [5.41, 5.74) is 5.65. The minimum atomic E-state index is -1.31. The van der Waals surface area contributed by atoms with Crippen molar-refractivity contribution < 1.29 is 19.4 Å². The van der Waals surface area contributed by atoms with Crippen LogP contribution in [-0.4, -0.2) is 47.3 Å². The molecule has 0 radical (unpaired) electrons. The number of hydrogen-bond donors (Lipinski definition) is 2. The molecule has 1 saturated heterocycles. The van der Waals surface area contributed by atoms with Crippen molar-refractivity contribution in [3.05, 3.63) is 95.1 Å². The number of carboxylic acid groups (broad SMARTS) is 1. The second-order valence-corrected chi connectivity index (χ2v) is 9.60. The summed E-state index contributed by atoms with van der Waals surface area (Å²) in [5, 5.41) is 12.7. The number of carbonyl (C=O) groups excluding carboxylic acids is 1. The van der Waals surface area contributed by atoms with Crippen LogP contribution < -0.4 is 5.32 Å². The third-order valence-electron chi connectivity index (χ3n) is 7.33. The molecule has 0 spiro atoms. The first-order valence-electron chi connectivity index (χ1n) is 12.1. The van der Waals surface area contributed by atoms with Crippen molar-refractivity contribution in [1.29, 1.82) is 0 Å². The number of carbonyl (C=O) groups is 2. The van der Waals surface area contributed by atoms with Gasteiger partial charge >= 0.3 is 12.1 Å². The Morgan fingerprint density at radius 1 is 0.943 bits per heavy atom. The third kappa shape index (κ3) is 4.66. The van der Waals surface area contributed by atoms with Gasteiger partial charge in [-0.3, -0.25) is 4.90 Å². The molecule has 1 fully saturated rings. The smallest absolute Gasteiger partial charge is 0.408 e. The number of benzene rings is 3. The summed E-state index contributed by atoms with van der Waals surface area (Å²) < 4.78 is 5.62. The monoisotopic (exact) mass is 470 g/mol. The lowest BCUT2D eigenvalue weighted by molar-refractivity contribution is -0.147. The fraction of sp³-hybridized carbons (Fsp3) is 0.310. The molecule has 1 aliphatic heterocycles. The number of likely N-dealkylation sites (tertiary alicyclic amines) is 1. The first kappa shape index (κ1) is 23.1. The van der Waals surface area contributed by atoms with E-state index < -0.39 is 17.6 Å². The SMILES string of the molecule is Cc1ccc(CN2CCC(NC(=O)OCC3c4ccccc4-c4ccccc43)(C(=O)O)CC2)cc1. The first-order chi connectivity index (χ1) is 16.9. The van der Waals surface area contributed by atoms with E-state index in [0.717, 1.165) is 28.8 Å². The maximum atomic E-state index is 12.8. The van der Waals surface area contributed by atoms with Gasteiger partial charge in [-0.15, -0.1) is 0 Å². The number of amides is 1. The Bertz CT molecular complexity index is 1180. The summed E-state index contributed by atoms with van der Waals surface area (Å²) in [6, 6.07) is 24.6. The van der Waals surface area contributed by atoms with Crippen LogP contribution in [0.3, 0.4) is 0 Å². The van der Waals surface area contributed by atoms with Crippen LogP contribution in [0.5, 0.6) is 0 Å². The standard InChI is InChI=1S/C29H30N2O4/c1-20-10-12-21(13-11-20)18-31-16-14-29(15-17-31,27(32)33)30-28(34)35-19-26-24-8-4-2-6-22(24)23-7-3-5-9-25(23)26/h2-13,26H,14-19H2,1H3,(H,30,34)(H,32,33). The number of ether oxygens (including phenoxy) is 1. The van der Waals surface area contributed by atoms with E-state index in [9.17, 15) is 14.7 Å². The fourth-order valence-corrected chi connectivity index (χ4v) is 5.27. The second kappa shape index (κ2) is 9.55. The van der Waals surface area contributed by atoms with Crippen LogP contribution in [0.15, 0.2) is 72.8 Å². The van der Waals surface area contributed by atoms with Gasteiger partial charge in [-0.1, -0.05) is 78.4 Å². The number of hydrogen-bond acceptors (Lipinski definition) is 4. The van der Waals surface area contributed by atoms with Gasteiger partial charge in [0.25, 0.3) is 0 Å². The molecule has 0 bridgehead atoms. The molecule has 1 heterocycles. The molecular weight excluding hydrogens is 440 g/mol. The van der Waals surface area contributed by atoms with E-state index >= 15 is 0 Å². The molecule has 3 aromatic rings. The van der Waals surface area contributed by atoms with Crippen LogP contribution in [0.2, 0.25) is 0 Å². The summed E-state index contributed by atoms with van der Waals surface area (Å²) in [7, 11) is 0. The van der Waals surface area contributed by atoms with Crippen LogP contribution in [0.1, 0.15) is 41.0 Å². The number of piperidine rings is 1. The third-order valence-corrected chi connectivity index (χ3v) is 7.33. The summed E-state index contributed by atoms with van der Waals surface area (Å²) in [5.74, 6) is -1.08. The normalized spacial score (nSPS) is 16.8. The molecule has 35 heavy (non-hydrogen) atoms. The summed E-state index contributed by atoms with van der Waals surface area (Å²) in [6.07, 6.45) is -0.0159. The predicted molar refractivity (Wildman–Crippen MR) is 134 cm³/mol. The highest BCUT2D eigenvalue weighted by Crippen LogP contribution is 2.44. The molecule has 0 saturated carbocycles. The van der Waals surface area contributed by atoms with E-state index in [-0.39, 0.29) is 12.5 Å². The number of carboxylic acids is 1. The van der Waals surface area contributed by atoms with E-state index in [0.29, 0.717) is 25.9 Å². The van der Waals surface area contributed by atoms with E-state index in [1.54, 1.807) is 0 Å². The maximum Gasteiger partial charge on any atom is 0.408 e. The lowest BCUT2D eigenvalue weighted by Gasteiger charge is -2.39. The number of aryl methyl sites for hydroxylation is 1. The first-order valence-corrected chi connectivity index (χ1v) is 12.1. The van der Waals surface area contributed by atoms with Gasteiger partial charge in [0.15, 0.2) is 0 Å². The Morgan fingerprint density at radius 2 is 1.51 bits per heavy atom. The zero-order valence-corrected chi connectivity index (χ0v) is 19.9. The van der Waals surface area contributed by atoms with Crippen molar-refractivity contribution in [2.45, 2.75) is 37.8 Å². The molecular formula is C29H30N2O4. The molecule has 3 aromatic carbocycles. The number of nitrogens with one attached hydrogen (secondary N) is 1. The quantitative estimate of drug-likeness (QED) is 0.533. The van der Waals surface area contributed by atoms with Crippen molar-refractivity contribution in [1.82, 2.24) is 10.2 Å². The number of rotatable bonds is 6. The van der Waals surface area contributed by atoms with Gasteiger partial charge in [0.05, 0.1) is 0 Å². The average Bonchev–Trinajstić information content (AvgIpc) is 3.19. The molecule has 1 aliphatic carbocycles. The number of aliphatic carboxylic acids is 1. The van der Waals surface area contributed by atoms with Crippen molar-refractivity contribution >= 4 is 12.1 Å². The highest BCUT2D eigenvalue weighted by Gasteiger charge is 2.43. The highest BCUT2D eigenvalue weighted by atomic mass is 16.5. The van der Waals surface area contributed by atoms with Crippen LogP contribution in [0.4, 0.5) is 4.79 Å². The fourth-order valence-electron chi connectivity index (χ4n) is 5.27. The zero-order chi connectivity index (χ0) is 24.4. The Balaban J connectivity index is 1.21. The maximum absolute atomic E-state index is 12.8. The topological polar surface area (TPSA) is 78.9 Å². The van der Waals surface area contributed by atoms with E-state index in [1.165, 1.54) is 11.1 Å².